The first-order chi connectivity index (χ1) is 11.2. The standard InChI is InChI=1S/C17H18N4O2/c1-21(11-12-4-5-13(22-2)10-15(12)23-3)16-7-6-14-17(20-16)19-9-8-18-14/h4-10H,11H2,1-3H3. The van der Waals surface area contributed by atoms with Gasteiger partial charge in [-0.3, -0.25) is 4.98 Å². The van der Waals surface area contributed by atoms with Crippen molar-refractivity contribution in [2.45, 2.75) is 6.54 Å². The van der Waals surface area contributed by atoms with E-state index in [1.807, 2.05) is 42.3 Å². The zero-order valence-corrected chi connectivity index (χ0v) is 13.4. The van der Waals surface area contributed by atoms with Crippen molar-refractivity contribution >= 4 is 17.0 Å². The van der Waals surface area contributed by atoms with E-state index in [0.29, 0.717) is 12.2 Å². The van der Waals surface area contributed by atoms with Crippen LogP contribution in [0, 0.1) is 0 Å². The minimum atomic E-state index is 0.638. The molecule has 0 atom stereocenters. The van der Waals surface area contributed by atoms with Gasteiger partial charge in [-0.25, -0.2) is 9.97 Å². The van der Waals surface area contributed by atoms with Crippen molar-refractivity contribution in [1.29, 1.82) is 0 Å². The van der Waals surface area contributed by atoms with Crippen molar-refractivity contribution in [3.63, 3.8) is 0 Å². The van der Waals surface area contributed by atoms with Gasteiger partial charge in [0.05, 0.1) is 14.2 Å². The highest BCUT2D eigenvalue weighted by atomic mass is 16.5. The largest absolute Gasteiger partial charge is 0.497 e. The van der Waals surface area contributed by atoms with Crippen LogP contribution in [0.25, 0.3) is 11.2 Å². The van der Waals surface area contributed by atoms with Gasteiger partial charge in [0.1, 0.15) is 22.8 Å². The monoisotopic (exact) mass is 310 g/mol. The van der Waals surface area contributed by atoms with Gasteiger partial charge in [0, 0.05) is 37.6 Å². The summed E-state index contributed by atoms with van der Waals surface area (Å²) < 4.78 is 10.7. The van der Waals surface area contributed by atoms with Crippen LogP contribution in [0.15, 0.2) is 42.7 Å². The van der Waals surface area contributed by atoms with Crippen LogP contribution >= 0.6 is 0 Å². The zero-order valence-electron chi connectivity index (χ0n) is 13.4. The van der Waals surface area contributed by atoms with Gasteiger partial charge >= 0.3 is 0 Å². The molecule has 6 nitrogen and oxygen atoms in total. The van der Waals surface area contributed by atoms with Gasteiger partial charge < -0.3 is 14.4 Å². The Morgan fingerprint density at radius 1 is 1.00 bits per heavy atom. The molecule has 0 saturated heterocycles. The van der Waals surface area contributed by atoms with Gasteiger partial charge in [-0.05, 0) is 24.3 Å². The fourth-order valence-electron chi connectivity index (χ4n) is 2.38. The van der Waals surface area contributed by atoms with Crippen molar-refractivity contribution in [2.24, 2.45) is 0 Å². The van der Waals surface area contributed by atoms with Crippen LogP contribution in [0.2, 0.25) is 0 Å². The predicted molar refractivity (Wildman–Crippen MR) is 89.0 cm³/mol. The molecule has 0 radical (unpaired) electrons. The van der Waals surface area contributed by atoms with Crippen LogP contribution in [0.1, 0.15) is 5.56 Å². The van der Waals surface area contributed by atoms with E-state index in [1.165, 1.54) is 0 Å². The van der Waals surface area contributed by atoms with Crippen LogP contribution in [0.3, 0.4) is 0 Å². The Hall–Kier alpha value is -2.89. The maximum absolute atomic E-state index is 5.45. The highest BCUT2D eigenvalue weighted by molar-refractivity contribution is 5.71. The second kappa shape index (κ2) is 6.48. The number of pyridine rings is 1. The molecule has 2 aromatic heterocycles. The van der Waals surface area contributed by atoms with E-state index in [9.17, 15) is 0 Å². The number of nitrogens with zero attached hydrogens (tertiary/aromatic N) is 4. The molecule has 0 N–H and O–H groups in total. The van der Waals surface area contributed by atoms with Gasteiger partial charge in [-0.15, -0.1) is 0 Å². The lowest BCUT2D eigenvalue weighted by Crippen LogP contribution is -2.18. The molecule has 0 aliphatic heterocycles. The van der Waals surface area contributed by atoms with Crippen molar-refractivity contribution in [3.05, 3.63) is 48.3 Å². The van der Waals surface area contributed by atoms with Crippen molar-refractivity contribution in [3.8, 4) is 11.5 Å². The number of rotatable bonds is 5. The van der Waals surface area contributed by atoms with Crippen LogP contribution < -0.4 is 14.4 Å². The van der Waals surface area contributed by atoms with Gasteiger partial charge in [0.25, 0.3) is 0 Å². The number of hydrogen-bond acceptors (Lipinski definition) is 6. The molecule has 0 aliphatic carbocycles. The third-order valence-electron chi connectivity index (χ3n) is 3.61. The molecule has 3 rings (SSSR count). The molecule has 0 fully saturated rings. The van der Waals surface area contributed by atoms with Crippen LogP contribution in [0.5, 0.6) is 11.5 Å². The summed E-state index contributed by atoms with van der Waals surface area (Å²) in [6.45, 7) is 0.659. The van der Waals surface area contributed by atoms with Crippen molar-refractivity contribution in [1.82, 2.24) is 15.0 Å². The third kappa shape index (κ3) is 3.15. The molecular weight excluding hydrogens is 292 g/mol. The van der Waals surface area contributed by atoms with Crippen molar-refractivity contribution in [2.75, 3.05) is 26.2 Å². The molecule has 6 heteroatoms. The Labute approximate surface area is 134 Å². The number of ether oxygens (including phenoxy) is 2. The zero-order chi connectivity index (χ0) is 16.2. The van der Waals surface area contributed by atoms with Gasteiger partial charge in [-0.2, -0.15) is 0 Å². The molecule has 23 heavy (non-hydrogen) atoms. The summed E-state index contributed by atoms with van der Waals surface area (Å²) in [4.78, 5) is 15.1. The maximum Gasteiger partial charge on any atom is 0.180 e. The number of methoxy groups -OCH3 is 2. The summed E-state index contributed by atoms with van der Waals surface area (Å²) in [5.41, 5.74) is 2.47. The molecule has 0 spiro atoms. The molecule has 0 bridgehead atoms. The smallest absolute Gasteiger partial charge is 0.180 e. The molecule has 118 valence electrons. The highest BCUT2D eigenvalue weighted by Gasteiger charge is 2.10. The molecule has 0 unspecified atom stereocenters. The Kier molecular flexibility index (Phi) is 4.23. The van der Waals surface area contributed by atoms with E-state index < -0.39 is 0 Å². The Morgan fingerprint density at radius 2 is 1.83 bits per heavy atom. The minimum Gasteiger partial charge on any atom is -0.497 e. The van der Waals surface area contributed by atoms with Crippen LogP contribution in [0.4, 0.5) is 5.82 Å². The second-order valence-electron chi connectivity index (χ2n) is 5.10. The van der Waals surface area contributed by atoms with Gasteiger partial charge in [0.2, 0.25) is 0 Å². The fraction of sp³-hybridized carbons (Fsp3) is 0.235. The summed E-state index contributed by atoms with van der Waals surface area (Å²) >= 11 is 0. The van der Waals surface area contributed by atoms with Crippen molar-refractivity contribution < 1.29 is 9.47 Å². The summed E-state index contributed by atoms with van der Waals surface area (Å²) in [5, 5.41) is 0. The van der Waals surface area contributed by atoms with E-state index in [1.54, 1.807) is 26.6 Å². The number of fused-ring (bicyclic) bond motifs is 1. The number of benzene rings is 1. The lowest BCUT2D eigenvalue weighted by Gasteiger charge is -2.20. The number of aromatic nitrogens is 3. The average molecular weight is 310 g/mol. The normalized spacial score (nSPS) is 10.6. The Balaban J connectivity index is 1.86. The minimum absolute atomic E-state index is 0.638. The molecule has 0 aliphatic rings. The molecule has 2 heterocycles. The maximum atomic E-state index is 5.45. The van der Waals surface area contributed by atoms with Crippen LogP contribution in [-0.2, 0) is 6.54 Å². The van der Waals surface area contributed by atoms with E-state index in [4.69, 9.17) is 9.47 Å². The first-order valence-corrected chi connectivity index (χ1v) is 7.21. The molecule has 1 aromatic carbocycles. The third-order valence-corrected chi connectivity index (χ3v) is 3.61. The molecule has 0 amide bonds. The number of hydrogen-bond donors (Lipinski definition) is 0. The first-order valence-electron chi connectivity index (χ1n) is 7.21. The fourth-order valence-corrected chi connectivity index (χ4v) is 2.38. The summed E-state index contributed by atoms with van der Waals surface area (Å²) in [5.74, 6) is 2.39. The summed E-state index contributed by atoms with van der Waals surface area (Å²) in [6, 6.07) is 9.65. The predicted octanol–water partition coefficient (Wildman–Crippen LogP) is 2.68. The summed E-state index contributed by atoms with van der Waals surface area (Å²) in [6.07, 6.45) is 3.31. The lowest BCUT2D eigenvalue weighted by molar-refractivity contribution is 0.391. The first kappa shape index (κ1) is 15.0. The van der Waals surface area contributed by atoms with Crippen LogP contribution in [-0.4, -0.2) is 36.2 Å². The van der Waals surface area contributed by atoms with Gasteiger partial charge in [-0.1, -0.05) is 0 Å². The second-order valence-corrected chi connectivity index (χ2v) is 5.10. The van der Waals surface area contributed by atoms with E-state index >= 15 is 0 Å². The SMILES string of the molecule is COc1ccc(CN(C)c2ccc3nccnc3n2)c(OC)c1. The Morgan fingerprint density at radius 3 is 2.61 bits per heavy atom. The Bertz CT molecular complexity index is 823. The molecule has 0 saturated carbocycles. The topological polar surface area (TPSA) is 60.4 Å². The molecule has 3 aromatic rings. The van der Waals surface area contributed by atoms with E-state index in [-0.39, 0.29) is 0 Å². The lowest BCUT2D eigenvalue weighted by atomic mass is 10.1. The van der Waals surface area contributed by atoms with E-state index in [2.05, 4.69) is 15.0 Å². The molecular formula is C17H18N4O2. The van der Waals surface area contributed by atoms with E-state index in [0.717, 1.165) is 28.4 Å². The average Bonchev–Trinajstić information content (AvgIpc) is 2.61. The highest BCUT2D eigenvalue weighted by Crippen LogP contribution is 2.26. The summed E-state index contributed by atoms with van der Waals surface area (Å²) in [7, 11) is 5.27. The quantitative estimate of drug-likeness (QED) is 0.722. The van der Waals surface area contributed by atoms with Gasteiger partial charge in [0.15, 0.2) is 5.65 Å². The number of anilines is 1.